The molecule has 0 aliphatic rings. The van der Waals surface area contributed by atoms with Crippen molar-refractivity contribution in [2.45, 2.75) is 19.6 Å². The summed E-state index contributed by atoms with van der Waals surface area (Å²) in [5, 5.41) is 12.9. The van der Waals surface area contributed by atoms with Gasteiger partial charge in [-0.25, -0.2) is 0 Å². The van der Waals surface area contributed by atoms with E-state index in [1.807, 2.05) is 0 Å². The van der Waals surface area contributed by atoms with Gasteiger partial charge in [0.05, 0.1) is 10.6 Å². The molecule has 0 atom stereocenters. The highest BCUT2D eigenvalue weighted by Gasteiger charge is 2.30. The third-order valence-corrected chi connectivity index (χ3v) is 3.41. The minimum atomic E-state index is -4.39. The summed E-state index contributed by atoms with van der Waals surface area (Å²) in [6.07, 6.45) is -4.39. The van der Waals surface area contributed by atoms with Crippen molar-refractivity contribution >= 4 is 17.3 Å². The van der Waals surface area contributed by atoms with E-state index in [1.165, 1.54) is 12.1 Å². The number of aromatic hydroxyl groups is 1. The molecule has 112 valence electrons. The SMILES string of the molecule is Cc1ccc(C(F)(F)F)cc1NCc1cccc(Cl)c1O. The Morgan fingerprint density at radius 3 is 2.57 bits per heavy atom. The van der Waals surface area contributed by atoms with E-state index in [9.17, 15) is 18.3 Å². The van der Waals surface area contributed by atoms with Gasteiger partial charge in [-0.15, -0.1) is 0 Å². The zero-order valence-electron chi connectivity index (χ0n) is 11.1. The molecular formula is C15H13ClF3NO. The zero-order valence-corrected chi connectivity index (χ0v) is 11.9. The molecule has 2 N–H and O–H groups in total. The number of phenolic OH excluding ortho intramolecular Hbond substituents is 1. The molecule has 0 fully saturated rings. The molecule has 2 aromatic rings. The van der Waals surface area contributed by atoms with Crippen LogP contribution in [-0.2, 0) is 12.7 Å². The average Bonchev–Trinajstić information content (AvgIpc) is 2.40. The Balaban J connectivity index is 2.22. The summed E-state index contributed by atoms with van der Waals surface area (Å²) in [4.78, 5) is 0. The smallest absolute Gasteiger partial charge is 0.416 e. The van der Waals surface area contributed by atoms with Gasteiger partial charge in [0.2, 0.25) is 0 Å². The number of aryl methyl sites for hydroxylation is 1. The highest BCUT2D eigenvalue weighted by Crippen LogP contribution is 2.33. The van der Waals surface area contributed by atoms with Crippen molar-refractivity contribution in [3.8, 4) is 5.75 Å². The van der Waals surface area contributed by atoms with E-state index >= 15 is 0 Å². The number of hydrogen-bond acceptors (Lipinski definition) is 2. The molecule has 0 saturated heterocycles. The first-order valence-electron chi connectivity index (χ1n) is 6.17. The maximum absolute atomic E-state index is 12.7. The van der Waals surface area contributed by atoms with Crippen LogP contribution in [0.3, 0.4) is 0 Å². The normalized spacial score (nSPS) is 11.5. The predicted molar refractivity (Wildman–Crippen MR) is 76.6 cm³/mol. The molecule has 21 heavy (non-hydrogen) atoms. The molecule has 0 radical (unpaired) electrons. The van der Waals surface area contributed by atoms with Crippen molar-refractivity contribution in [3.63, 3.8) is 0 Å². The molecule has 0 aliphatic heterocycles. The fourth-order valence-corrected chi connectivity index (χ4v) is 2.08. The van der Waals surface area contributed by atoms with Gasteiger partial charge in [-0.05, 0) is 30.7 Å². The van der Waals surface area contributed by atoms with E-state index in [-0.39, 0.29) is 17.3 Å². The molecule has 0 heterocycles. The lowest BCUT2D eigenvalue weighted by molar-refractivity contribution is -0.137. The summed E-state index contributed by atoms with van der Waals surface area (Å²) < 4.78 is 38.1. The maximum Gasteiger partial charge on any atom is 0.416 e. The second-order valence-corrected chi connectivity index (χ2v) is 5.04. The lowest BCUT2D eigenvalue weighted by Crippen LogP contribution is -2.07. The number of anilines is 1. The highest BCUT2D eigenvalue weighted by atomic mass is 35.5. The maximum atomic E-state index is 12.7. The van der Waals surface area contributed by atoms with Crippen LogP contribution in [0.4, 0.5) is 18.9 Å². The average molecular weight is 316 g/mol. The number of benzene rings is 2. The topological polar surface area (TPSA) is 32.3 Å². The van der Waals surface area contributed by atoms with Crippen LogP contribution >= 0.6 is 11.6 Å². The lowest BCUT2D eigenvalue weighted by atomic mass is 10.1. The van der Waals surface area contributed by atoms with Crippen molar-refractivity contribution in [3.05, 3.63) is 58.1 Å². The Kier molecular flexibility index (Phi) is 4.32. The molecule has 6 heteroatoms. The summed E-state index contributed by atoms with van der Waals surface area (Å²) in [7, 11) is 0. The van der Waals surface area contributed by atoms with Crippen LogP contribution in [0.5, 0.6) is 5.75 Å². The molecule has 0 unspecified atom stereocenters. The number of para-hydroxylation sites is 1. The van der Waals surface area contributed by atoms with Gasteiger partial charge in [0.15, 0.2) is 0 Å². The second kappa shape index (κ2) is 5.85. The molecule has 0 amide bonds. The Hall–Kier alpha value is -1.88. The summed E-state index contributed by atoms with van der Waals surface area (Å²) in [6.45, 7) is 1.88. The number of phenols is 1. The Bertz CT molecular complexity index is 656. The van der Waals surface area contributed by atoms with Crippen LogP contribution < -0.4 is 5.32 Å². The third-order valence-electron chi connectivity index (χ3n) is 3.10. The second-order valence-electron chi connectivity index (χ2n) is 4.63. The molecule has 2 nitrogen and oxygen atoms in total. The molecule has 0 aliphatic carbocycles. The van der Waals surface area contributed by atoms with Gasteiger partial charge in [0.1, 0.15) is 5.75 Å². The fourth-order valence-electron chi connectivity index (χ4n) is 1.88. The van der Waals surface area contributed by atoms with Crippen LogP contribution in [0.2, 0.25) is 5.02 Å². The number of rotatable bonds is 3. The zero-order chi connectivity index (χ0) is 15.6. The molecular weight excluding hydrogens is 303 g/mol. The first kappa shape index (κ1) is 15.5. The van der Waals surface area contributed by atoms with Gasteiger partial charge < -0.3 is 10.4 Å². The molecule has 0 aromatic heterocycles. The van der Waals surface area contributed by atoms with E-state index in [0.29, 0.717) is 16.8 Å². The van der Waals surface area contributed by atoms with E-state index < -0.39 is 11.7 Å². The van der Waals surface area contributed by atoms with Crippen LogP contribution in [0.25, 0.3) is 0 Å². The molecule has 0 saturated carbocycles. The Morgan fingerprint density at radius 2 is 1.90 bits per heavy atom. The van der Waals surface area contributed by atoms with Crippen molar-refractivity contribution < 1.29 is 18.3 Å². The standard InChI is InChI=1S/C15H13ClF3NO/c1-9-5-6-11(15(17,18)19)7-13(9)20-8-10-3-2-4-12(16)14(10)21/h2-7,20-21H,8H2,1H3. The quantitative estimate of drug-likeness (QED) is 0.836. The lowest BCUT2D eigenvalue weighted by Gasteiger charge is -2.14. The minimum Gasteiger partial charge on any atom is -0.506 e. The predicted octanol–water partition coefficient (Wildman–Crippen LogP) is 4.98. The highest BCUT2D eigenvalue weighted by molar-refractivity contribution is 6.32. The first-order valence-corrected chi connectivity index (χ1v) is 6.55. The number of hydrogen-bond donors (Lipinski definition) is 2. The van der Waals surface area contributed by atoms with Crippen molar-refractivity contribution in [1.82, 2.24) is 0 Å². The molecule has 2 aromatic carbocycles. The van der Waals surface area contributed by atoms with E-state index in [1.54, 1.807) is 19.1 Å². The van der Waals surface area contributed by atoms with Gasteiger partial charge in [0, 0.05) is 17.8 Å². The van der Waals surface area contributed by atoms with Crippen molar-refractivity contribution in [2.75, 3.05) is 5.32 Å². The summed E-state index contributed by atoms with van der Waals surface area (Å²) in [5.74, 6) is -0.0729. The molecule has 2 rings (SSSR count). The van der Waals surface area contributed by atoms with Gasteiger partial charge >= 0.3 is 6.18 Å². The summed E-state index contributed by atoms with van der Waals surface area (Å²) in [6, 6.07) is 8.35. The van der Waals surface area contributed by atoms with Gasteiger partial charge in [-0.2, -0.15) is 13.2 Å². The first-order chi connectivity index (χ1) is 9.79. The van der Waals surface area contributed by atoms with Crippen LogP contribution in [0.15, 0.2) is 36.4 Å². The van der Waals surface area contributed by atoms with E-state index in [0.717, 1.165) is 12.1 Å². The summed E-state index contributed by atoms with van der Waals surface area (Å²) >= 11 is 5.79. The molecule has 0 spiro atoms. The van der Waals surface area contributed by atoms with E-state index in [2.05, 4.69) is 5.32 Å². The monoisotopic (exact) mass is 315 g/mol. The summed E-state index contributed by atoms with van der Waals surface area (Å²) in [5.41, 5.74) is 0.846. The number of halogens is 4. The molecule has 0 bridgehead atoms. The third kappa shape index (κ3) is 3.61. The van der Waals surface area contributed by atoms with Crippen LogP contribution in [0, 0.1) is 6.92 Å². The van der Waals surface area contributed by atoms with Gasteiger partial charge in [-0.1, -0.05) is 29.8 Å². The number of nitrogens with one attached hydrogen (secondary N) is 1. The minimum absolute atomic E-state index is 0.0729. The van der Waals surface area contributed by atoms with E-state index in [4.69, 9.17) is 11.6 Å². The largest absolute Gasteiger partial charge is 0.506 e. The van der Waals surface area contributed by atoms with Crippen LogP contribution in [0.1, 0.15) is 16.7 Å². The fraction of sp³-hybridized carbons (Fsp3) is 0.200. The number of alkyl halides is 3. The van der Waals surface area contributed by atoms with Gasteiger partial charge in [0.25, 0.3) is 0 Å². The van der Waals surface area contributed by atoms with Gasteiger partial charge in [-0.3, -0.25) is 0 Å². The Labute approximate surface area is 125 Å². The Morgan fingerprint density at radius 1 is 1.19 bits per heavy atom. The van der Waals surface area contributed by atoms with Crippen molar-refractivity contribution in [2.24, 2.45) is 0 Å². The van der Waals surface area contributed by atoms with Crippen LogP contribution in [-0.4, -0.2) is 5.11 Å². The van der Waals surface area contributed by atoms with Crippen molar-refractivity contribution in [1.29, 1.82) is 0 Å².